The first-order chi connectivity index (χ1) is 10.7. The van der Waals surface area contributed by atoms with E-state index in [9.17, 15) is 4.79 Å². The summed E-state index contributed by atoms with van der Waals surface area (Å²) in [7, 11) is 3.35. The van der Waals surface area contributed by atoms with Crippen LogP contribution in [0, 0.1) is 17.8 Å². The van der Waals surface area contributed by atoms with Crippen molar-refractivity contribution in [3.63, 3.8) is 0 Å². The van der Waals surface area contributed by atoms with Crippen molar-refractivity contribution >= 4 is 5.91 Å². The zero-order valence-corrected chi connectivity index (χ0v) is 13.2. The lowest BCUT2D eigenvalue weighted by Crippen LogP contribution is -2.40. The topological polar surface area (TPSA) is 47.6 Å². The molecule has 1 N–H and O–H groups in total. The van der Waals surface area contributed by atoms with Crippen LogP contribution in [-0.2, 0) is 11.2 Å². The molecule has 2 bridgehead atoms. The van der Waals surface area contributed by atoms with Gasteiger partial charge in [-0.15, -0.1) is 0 Å². The Kier molecular flexibility index (Phi) is 3.28. The molecule has 4 rings (SSSR count). The first-order valence-electron chi connectivity index (χ1n) is 8.25. The molecular formula is C18H23NO3. The molecule has 4 heteroatoms. The quantitative estimate of drug-likeness (QED) is 0.913. The maximum absolute atomic E-state index is 12.6. The summed E-state index contributed by atoms with van der Waals surface area (Å²) in [5.74, 6) is 3.55. The van der Waals surface area contributed by atoms with E-state index >= 15 is 0 Å². The first-order valence-corrected chi connectivity index (χ1v) is 8.25. The highest BCUT2D eigenvalue weighted by atomic mass is 16.5. The summed E-state index contributed by atoms with van der Waals surface area (Å²) in [6, 6.07) is 4.24. The highest BCUT2D eigenvalue weighted by molar-refractivity contribution is 5.81. The summed E-state index contributed by atoms with van der Waals surface area (Å²) in [5, 5.41) is 3.14. The van der Waals surface area contributed by atoms with Crippen molar-refractivity contribution in [2.45, 2.75) is 31.6 Å². The van der Waals surface area contributed by atoms with Gasteiger partial charge in [0.2, 0.25) is 5.91 Å². The summed E-state index contributed by atoms with van der Waals surface area (Å²) >= 11 is 0. The Morgan fingerprint density at radius 2 is 1.73 bits per heavy atom. The van der Waals surface area contributed by atoms with E-state index in [0.29, 0.717) is 24.3 Å². The summed E-state index contributed by atoms with van der Waals surface area (Å²) < 4.78 is 11.0. The molecule has 2 fully saturated rings. The Bertz CT molecular complexity index is 613. The molecule has 0 spiro atoms. The van der Waals surface area contributed by atoms with E-state index in [1.807, 2.05) is 0 Å². The Labute approximate surface area is 131 Å². The monoisotopic (exact) mass is 301 g/mol. The van der Waals surface area contributed by atoms with Crippen molar-refractivity contribution in [3.05, 3.63) is 23.3 Å². The van der Waals surface area contributed by atoms with Crippen molar-refractivity contribution in [3.8, 4) is 11.5 Å². The van der Waals surface area contributed by atoms with Crippen LogP contribution in [0.15, 0.2) is 12.1 Å². The fourth-order valence-corrected chi connectivity index (χ4v) is 5.02. The number of ether oxygens (including phenoxy) is 2. The maximum Gasteiger partial charge on any atom is 0.224 e. The van der Waals surface area contributed by atoms with Crippen molar-refractivity contribution < 1.29 is 14.3 Å². The zero-order chi connectivity index (χ0) is 15.3. The predicted octanol–water partition coefficient (Wildman–Crippen LogP) is 2.51. The van der Waals surface area contributed by atoms with Crippen LogP contribution in [-0.4, -0.2) is 26.7 Å². The number of methoxy groups -OCH3 is 2. The van der Waals surface area contributed by atoms with Crippen LogP contribution in [0.4, 0.5) is 0 Å². The molecule has 1 aromatic carbocycles. The van der Waals surface area contributed by atoms with Crippen LogP contribution in [0.25, 0.3) is 0 Å². The molecule has 3 aliphatic rings. The molecule has 2 aliphatic carbocycles. The van der Waals surface area contributed by atoms with Crippen LogP contribution in [0.1, 0.15) is 36.3 Å². The number of nitrogens with one attached hydrogen (secondary N) is 1. The molecular weight excluding hydrogens is 278 g/mol. The number of benzene rings is 1. The highest BCUT2D eigenvalue weighted by Crippen LogP contribution is 2.58. The van der Waals surface area contributed by atoms with Crippen molar-refractivity contribution in [1.29, 1.82) is 0 Å². The molecule has 1 amide bonds. The van der Waals surface area contributed by atoms with E-state index in [4.69, 9.17) is 9.47 Å². The Hall–Kier alpha value is -1.71. The third kappa shape index (κ3) is 1.93. The van der Waals surface area contributed by atoms with Gasteiger partial charge in [-0.05, 0) is 66.7 Å². The second kappa shape index (κ2) is 5.18. The van der Waals surface area contributed by atoms with Crippen molar-refractivity contribution in [2.24, 2.45) is 17.8 Å². The summed E-state index contributed by atoms with van der Waals surface area (Å²) in [6.07, 6.45) is 4.54. The second-order valence-corrected chi connectivity index (χ2v) is 6.83. The second-order valence-electron chi connectivity index (χ2n) is 6.83. The van der Waals surface area contributed by atoms with Gasteiger partial charge in [0.15, 0.2) is 11.5 Å². The van der Waals surface area contributed by atoms with Gasteiger partial charge in [0.1, 0.15) is 0 Å². The molecule has 2 unspecified atom stereocenters. The van der Waals surface area contributed by atoms with Gasteiger partial charge >= 0.3 is 0 Å². The average Bonchev–Trinajstić information content (AvgIpc) is 3.13. The fraction of sp³-hybridized carbons (Fsp3) is 0.611. The summed E-state index contributed by atoms with van der Waals surface area (Å²) in [4.78, 5) is 12.6. The van der Waals surface area contributed by atoms with Gasteiger partial charge in [0.25, 0.3) is 0 Å². The molecule has 0 saturated heterocycles. The number of hydrogen-bond acceptors (Lipinski definition) is 3. The van der Waals surface area contributed by atoms with Crippen LogP contribution in [0.5, 0.6) is 11.5 Å². The van der Waals surface area contributed by atoms with Gasteiger partial charge < -0.3 is 14.8 Å². The van der Waals surface area contributed by atoms with Crippen LogP contribution < -0.4 is 14.8 Å². The van der Waals surface area contributed by atoms with Gasteiger partial charge in [0, 0.05) is 12.5 Å². The molecule has 1 aliphatic heterocycles. The number of rotatable bonds is 2. The number of hydrogen-bond donors (Lipinski definition) is 1. The van der Waals surface area contributed by atoms with Crippen molar-refractivity contribution in [2.75, 3.05) is 20.8 Å². The molecule has 0 radical (unpaired) electrons. The lowest BCUT2D eigenvalue weighted by atomic mass is 9.72. The lowest BCUT2D eigenvalue weighted by molar-refractivity contribution is -0.127. The predicted molar refractivity (Wildman–Crippen MR) is 83.3 cm³/mol. The highest BCUT2D eigenvalue weighted by Gasteiger charge is 2.52. The number of amides is 1. The van der Waals surface area contributed by atoms with Gasteiger partial charge in [0.05, 0.1) is 14.2 Å². The molecule has 22 heavy (non-hydrogen) atoms. The van der Waals surface area contributed by atoms with E-state index in [1.54, 1.807) is 14.2 Å². The third-order valence-corrected chi connectivity index (χ3v) is 5.92. The molecule has 2 saturated carbocycles. The van der Waals surface area contributed by atoms with E-state index in [0.717, 1.165) is 17.9 Å². The summed E-state index contributed by atoms with van der Waals surface area (Å²) in [6.45, 7) is 0.710. The number of carbonyl (C=O) groups is 1. The molecule has 1 aromatic rings. The standard InChI is InChI=1S/C18H23NO3/c1-21-14-8-10-5-6-19-18(20)17-12-4-3-11(7-12)16(17)13(10)9-15(14)22-2/h8-9,11-12,16-17H,3-7H2,1-2H3,(H,19,20)/t11-,12+,16?,17?/m1/s1. The minimum absolute atomic E-state index is 0.149. The SMILES string of the molecule is COc1cc2c(cc1OC)C1C(C(=O)NCC2)[C@H]2CC[C@@H]1C2. The lowest BCUT2D eigenvalue weighted by Gasteiger charge is -2.34. The normalized spacial score (nSPS) is 32.5. The largest absolute Gasteiger partial charge is 0.493 e. The molecule has 0 aromatic heterocycles. The third-order valence-electron chi connectivity index (χ3n) is 5.92. The van der Waals surface area contributed by atoms with E-state index in [-0.39, 0.29) is 11.8 Å². The zero-order valence-electron chi connectivity index (χ0n) is 13.2. The van der Waals surface area contributed by atoms with Crippen LogP contribution in [0.2, 0.25) is 0 Å². The van der Waals surface area contributed by atoms with Gasteiger partial charge in [-0.2, -0.15) is 0 Å². The minimum atomic E-state index is 0.149. The van der Waals surface area contributed by atoms with E-state index < -0.39 is 0 Å². The molecule has 1 heterocycles. The van der Waals surface area contributed by atoms with Crippen LogP contribution in [0.3, 0.4) is 0 Å². The Balaban J connectivity index is 1.85. The molecule has 4 atom stereocenters. The van der Waals surface area contributed by atoms with Gasteiger partial charge in [-0.25, -0.2) is 0 Å². The van der Waals surface area contributed by atoms with Crippen molar-refractivity contribution in [1.82, 2.24) is 5.32 Å². The Morgan fingerprint density at radius 1 is 1.05 bits per heavy atom. The van der Waals surface area contributed by atoms with Crippen LogP contribution >= 0.6 is 0 Å². The Morgan fingerprint density at radius 3 is 2.45 bits per heavy atom. The molecule has 118 valence electrons. The van der Waals surface area contributed by atoms with Gasteiger partial charge in [-0.1, -0.05) is 0 Å². The van der Waals surface area contributed by atoms with E-state index in [1.165, 1.54) is 30.4 Å². The number of carbonyl (C=O) groups excluding carboxylic acids is 1. The minimum Gasteiger partial charge on any atom is -0.493 e. The fourth-order valence-electron chi connectivity index (χ4n) is 5.02. The summed E-state index contributed by atoms with van der Waals surface area (Å²) in [5.41, 5.74) is 2.63. The van der Waals surface area contributed by atoms with E-state index in [2.05, 4.69) is 17.4 Å². The first kappa shape index (κ1) is 13.9. The number of fused-ring (bicyclic) bond motifs is 7. The average molecular weight is 301 g/mol. The smallest absolute Gasteiger partial charge is 0.224 e. The molecule has 4 nitrogen and oxygen atoms in total. The maximum atomic E-state index is 12.6. The van der Waals surface area contributed by atoms with Gasteiger partial charge in [-0.3, -0.25) is 4.79 Å².